The molecule has 0 aromatic heterocycles. The molecular weight excluding hydrogens is 336 g/mol. The zero-order valence-corrected chi connectivity index (χ0v) is 18.6. The van der Waals surface area contributed by atoms with Gasteiger partial charge >= 0.3 is 0 Å². The molecule has 0 heterocycles. The highest BCUT2D eigenvalue weighted by atomic mass is 14.4. The summed E-state index contributed by atoms with van der Waals surface area (Å²) in [5.74, 6) is 0. The summed E-state index contributed by atoms with van der Waals surface area (Å²) in [6, 6.07) is 0. The molecular formula is C28H40. The molecule has 0 bridgehead atoms. The number of hydrogen-bond acceptors (Lipinski definition) is 0. The van der Waals surface area contributed by atoms with Gasteiger partial charge in [-0.25, -0.2) is 0 Å². The van der Waals surface area contributed by atoms with Gasteiger partial charge in [-0.15, -0.1) is 6.58 Å². The molecule has 0 nitrogen and oxygen atoms in total. The Balaban J connectivity index is 0.00000352. The third kappa shape index (κ3) is 7.00. The Hall–Kier alpha value is -2.34. The van der Waals surface area contributed by atoms with Crippen molar-refractivity contribution in [3.63, 3.8) is 0 Å². The second-order valence-electron chi connectivity index (χ2n) is 6.75. The van der Waals surface area contributed by atoms with Crippen molar-refractivity contribution in [2.24, 2.45) is 5.41 Å². The zero-order valence-electron chi connectivity index (χ0n) is 18.6. The lowest BCUT2D eigenvalue weighted by Crippen LogP contribution is -2.23. The number of rotatable bonds is 11. The third-order valence-electron chi connectivity index (χ3n) is 4.98. The maximum absolute atomic E-state index is 4.43. The van der Waals surface area contributed by atoms with Crippen LogP contribution in [0.15, 0.2) is 109 Å². The maximum Gasteiger partial charge on any atom is 0.0442 e. The van der Waals surface area contributed by atoms with Crippen LogP contribution in [0, 0.1) is 5.41 Å². The van der Waals surface area contributed by atoms with E-state index in [9.17, 15) is 0 Å². The minimum Gasteiger partial charge on any atom is -0.103 e. The van der Waals surface area contributed by atoms with E-state index < -0.39 is 0 Å². The average Bonchev–Trinajstić information content (AvgIpc) is 3.04. The van der Waals surface area contributed by atoms with Crippen LogP contribution in [0.25, 0.3) is 0 Å². The van der Waals surface area contributed by atoms with E-state index in [0.717, 1.165) is 43.3 Å². The van der Waals surface area contributed by atoms with E-state index >= 15 is 0 Å². The lowest BCUT2D eigenvalue weighted by Gasteiger charge is -2.34. The Bertz CT molecular complexity index is 673. The van der Waals surface area contributed by atoms with Crippen LogP contribution in [-0.4, -0.2) is 0 Å². The van der Waals surface area contributed by atoms with E-state index in [-0.39, 0.29) is 5.41 Å². The van der Waals surface area contributed by atoms with Crippen molar-refractivity contribution in [3.8, 4) is 0 Å². The molecule has 0 heteroatoms. The van der Waals surface area contributed by atoms with E-state index in [1.807, 2.05) is 39.0 Å². The van der Waals surface area contributed by atoms with Gasteiger partial charge in [0.25, 0.3) is 0 Å². The summed E-state index contributed by atoms with van der Waals surface area (Å²) in [5.41, 5.74) is 4.69. The predicted molar refractivity (Wildman–Crippen MR) is 130 cm³/mol. The zero-order chi connectivity index (χ0) is 21.4. The van der Waals surface area contributed by atoms with Crippen molar-refractivity contribution in [3.05, 3.63) is 109 Å². The first-order chi connectivity index (χ1) is 13.5. The smallest absolute Gasteiger partial charge is 0.0442 e. The molecule has 1 aliphatic rings. The summed E-state index contributed by atoms with van der Waals surface area (Å²) < 4.78 is 0. The second-order valence-corrected chi connectivity index (χ2v) is 6.75. The fraction of sp³-hybridized carbons (Fsp3) is 0.357. The van der Waals surface area contributed by atoms with E-state index in [4.69, 9.17) is 0 Å². The summed E-state index contributed by atoms with van der Waals surface area (Å²) in [6.07, 6.45) is 26.1. The van der Waals surface area contributed by atoms with Crippen LogP contribution in [0.1, 0.15) is 59.8 Å². The largest absolute Gasteiger partial charge is 0.103 e. The minimum absolute atomic E-state index is 0.219. The minimum atomic E-state index is -0.219. The molecule has 1 rings (SSSR count). The number of hydrogen-bond donors (Lipinski definition) is 0. The second kappa shape index (κ2) is 14.7. The van der Waals surface area contributed by atoms with Gasteiger partial charge in [-0.3, -0.25) is 0 Å². The normalized spacial score (nSPS) is 19.6. The SMILES string of the molecule is C=C/C=C\C1=C(C)CCC1(C(=C)/C=C\C)C(=C)/C=C\C=C/CCCC=C.CC. The molecule has 0 aromatic carbocycles. The summed E-state index contributed by atoms with van der Waals surface area (Å²) >= 11 is 0. The molecule has 0 N–H and O–H groups in total. The van der Waals surface area contributed by atoms with E-state index in [0.29, 0.717) is 0 Å². The van der Waals surface area contributed by atoms with Crippen molar-refractivity contribution in [2.45, 2.75) is 59.8 Å². The monoisotopic (exact) mass is 376 g/mol. The fourth-order valence-corrected chi connectivity index (χ4v) is 3.54. The molecule has 0 aliphatic heterocycles. The first-order valence-corrected chi connectivity index (χ1v) is 10.5. The van der Waals surface area contributed by atoms with Crippen LogP contribution < -0.4 is 0 Å². The molecule has 1 unspecified atom stereocenters. The summed E-state index contributed by atoms with van der Waals surface area (Å²) in [7, 11) is 0. The van der Waals surface area contributed by atoms with E-state index in [1.54, 1.807) is 0 Å². The highest BCUT2D eigenvalue weighted by molar-refractivity contribution is 5.55. The Morgan fingerprint density at radius 1 is 1.00 bits per heavy atom. The molecule has 0 spiro atoms. The lowest BCUT2D eigenvalue weighted by atomic mass is 9.69. The van der Waals surface area contributed by atoms with Gasteiger partial charge in [0.2, 0.25) is 0 Å². The Kier molecular flexibility index (Phi) is 13.5. The summed E-state index contributed by atoms with van der Waals surface area (Å²) in [4.78, 5) is 0. The Labute approximate surface area is 174 Å². The van der Waals surface area contributed by atoms with Gasteiger partial charge in [-0.05, 0) is 62.7 Å². The van der Waals surface area contributed by atoms with Gasteiger partial charge in [0.1, 0.15) is 0 Å². The highest BCUT2D eigenvalue weighted by Crippen LogP contribution is 2.53. The Morgan fingerprint density at radius 3 is 2.29 bits per heavy atom. The van der Waals surface area contributed by atoms with Crippen molar-refractivity contribution >= 4 is 0 Å². The molecule has 1 atom stereocenters. The standard InChI is InChI=1S/C26H34.C2H6/c1-7-10-12-13-14-15-16-18-24(6)26(23(5)17-9-3)21-20-22(4)25(26)19-11-8-2;1-2/h7-9,11,14-19H,1-2,5-6,10,12-13,20-21H2,3-4H3;1-2H3/b15-14-,17-9-,18-16-,19-11-;. The van der Waals surface area contributed by atoms with Crippen LogP contribution in [0.3, 0.4) is 0 Å². The molecule has 0 saturated heterocycles. The van der Waals surface area contributed by atoms with E-state index in [2.05, 4.69) is 75.8 Å². The molecule has 0 fully saturated rings. The van der Waals surface area contributed by atoms with Crippen LogP contribution in [-0.2, 0) is 0 Å². The molecule has 0 radical (unpaired) electrons. The number of allylic oxidation sites excluding steroid dienone is 14. The van der Waals surface area contributed by atoms with Gasteiger partial charge in [0.15, 0.2) is 0 Å². The van der Waals surface area contributed by atoms with Gasteiger partial charge in [0.05, 0.1) is 0 Å². The molecule has 0 amide bonds. The van der Waals surface area contributed by atoms with Crippen LogP contribution >= 0.6 is 0 Å². The maximum atomic E-state index is 4.43. The van der Waals surface area contributed by atoms with Crippen LogP contribution in [0.2, 0.25) is 0 Å². The molecule has 0 saturated carbocycles. The fourth-order valence-electron chi connectivity index (χ4n) is 3.54. The first-order valence-electron chi connectivity index (χ1n) is 10.5. The molecule has 152 valence electrons. The van der Waals surface area contributed by atoms with Crippen molar-refractivity contribution in [1.82, 2.24) is 0 Å². The summed E-state index contributed by atoms with van der Waals surface area (Å²) in [5, 5.41) is 0. The summed E-state index contributed by atoms with van der Waals surface area (Å²) in [6.45, 7) is 24.6. The van der Waals surface area contributed by atoms with Gasteiger partial charge in [-0.2, -0.15) is 0 Å². The van der Waals surface area contributed by atoms with Gasteiger partial charge in [0, 0.05) is 5.41 Å². The predicted octanol–water partition coefficient (Wildman–Crippen LogP) is 9.01. The van der Waals surface area contributed by atoms with Crippen LogP contribution in [0.4, 0.5) is 0 Å². The molecule has 0 aromatic rings. The molecule has 28 heavy (non-hydrogen) atoms. The van der Waals surface area contributed by atoms with Gasteiger partial charge in [-0.1, -0.05) is 99.9 Å². The van der Waals surface area contributed by atoms with Crippen molar-refractivity contribution < 1.29 is 0 Å². The third-order valence-corrected chi connectivity index (χ3v) is 4.98. The molecule has 1 aliphatic carbocycles. The Morgan fingerprint density at radius 2 is 1.68 bits per heavy atom. The number of unbranched alkanes of at least 4 members (excludes halogenated alkanes) is 2. The van der Waals surface area contributed by atoms with E-state index in [1.165, 1.54) is 11.1 Å². The first kappa shape index (κ1) is 25.7. The van der Waals surface area contributed by atoms with Crippen LogP contribution in [0.5, 0.6) is 0 Å². The van der Waals surface area contributed by atoms with Crippen molar-refractivity contribution in [1.29, 1.82) is 0 Å². The average molecular weight is 377 g/mol. The van der Waals surface area contributed by atoms with Crippen molar-refractivity contribution in [2.75, 3.05) is 0 Å². The topological polar surface area (TPSA) is 0 Å². The lowest BCUT2D eigenvalue weighted by molar-refractivity contribution is 0.541. The highest BCUT2D eigenvalue weighted by Gasteiger charge is 2.41. The quantitative estimate of drug-likeness (QED) is 0.192. The van der Waals surface area contributed by atoms with Gasteiger partial charge < -0.3 is 0 Å².